The van der Waals surface area contributed by atoms with Crippen LogP contribution in [0.3, 0.4) is 0 Å². The van der Waals surface area contributed by atoms with Gasteiger partial charge in [-0.05, 0) is 33.8 Å². The van der Waals surface area contributed by atoms with Crippen molar-refractivity contribution in [2.24, 2.45) is 0 Å². The van der Waals surface area contributed by atoms with Gasteiger partial charge >= 0.3 is 0 Å². The Kier molecular flexibility index (Phi) is 6.18. The monoisotopic (exact) mass is 286 g/mol. The zero-order valence-electron chi connectivity index (χ0n) is 11.4. The highest BCUT2D eigenvalue weighted by Gasteiger charge is 2.13. The molecule has 1 rings (SSSR count). The van der Waals surface area contributed by atoms with Gasteiger partial charge in [-0.3, -0.25) is 9.69 Å². The molecule has 5 heteroatoms. The van der Waals surface area contributed by atoms with Crippen molar-refractivity contribution in [1.82, 2.24) is 10.2 Å². The van der Waals surface area contributed by atoms with Crippen LogP contribution in [0.4, 0.5) is 0 Å². The Morgan fingerprint density at radius 3 is 2.44 bits per heavy atom. The molecule has 0 bridgehead atoms. The summed E-state index contributed by atoms with van der Waals surface area (Å²) in [5.41, 5.74) is 0. The van der Waals surface area contributed by atoms with Gasteiger partial charge in [0.15, 0.2) is 0 Å². The van der Waals surface area contributed by atoms with E-state index < -0.39 is 0 Å². The first kappa shape index (κ1) is 15.5. The van der Waals surface area contributed by atoms with Crippen molar-refractivity contribution in [2.45, 2.75) is 44.7 Å². The third-order valence-electron chi connectivity index (χ3n) is 2.79. The summed E-state index contributed by atoms with van der Waals surface area (Å²) in [7, 11) is 0. The molecule has 0 radical (unpaired) electrons. The topological polar surface area (TPSA) is 32.3 Å². The number of thiol groups is 1. The van der Waals surface area contributed by atoms with E-state index in [-0.39, 0.29) is 5.91 Å². The molecule has 18 heavy (non-hydrogen) atoms. The first-order valence-electron chi connectivity index (χ1n) is 6.23. The lowest BCUT2D eigenvalue weighted by Crippen LogP contribution is -2.42. The zero-order valence-corrected chi connectivity index (χ0v) is 13.1. The number of rotatable bonds is 6. The lowest BCUT2D eigenvalue weighted by molar-refractivity contribution is 0.0943. The molecule has 1 heterocycles. The Balaban J connectivity index is 2.39. The molecule has 0 aliphatic heterocycles. The highest BCUT2D eigenvalue weighted by Crippen LogP contribution is 2.17. The second-order valence-corrected chi connectivity index (χ2v) is 6.28. The fourth-order valence-electron chi connectivity index (χ4n) is 1.94. The molecule has 0 spiro atoms. The summed E-state index contributed by atoms with van der Waals surface area (Å²) in [6, 6.07) is 2.78. The van der Waals surface area contributed by atoms with E-state index in [2.05, 4.69) is 50.5 Å². The summed E-state index contributed by atoms with van der Waals surface area (Å²) >= 11 is 5.63. The van der Waals surface area contributed by atoms with Gasteiger partial charge < -0.3 is 5.32 Å². The third kappa shape index (κ3) is 4.63. The quantitative estimate of drug-likeness (QED) is 0.788. The van der Waals surface area contributed by atoms with Crippen LogP contribution in [-0.2, 0) is 0 Å². The highest BCUT2D eigenvalue weighted by molar-refractivity contribution is 7.80. The average molecular weight is 286 g/mol. The predicted molar refractivity (Wildman–Crippen MR) is 80.9 cm³/mol. The van der Waals surface area contributed by atoms with Gasteiger partial charge in [0.05, 0.1) is 4.88 Å². The minimum atomic E-state index is -0.00670. The fraction of sp³-hybridized carbons (Fsp3) is 0.615. The van der Waals surface area contributed by atoms with Crippen LogP contribution in [0.2, 0.25) is 0 Å². The minimum absolute atomic E-state index is 0.00670. The van der Waals surface area contributed by atoms with Crippen LogP contribution in [0.15, 0.2) is 16.3 Å². The normalized spacial score (nSPS) is 11.6. The van der Waals surface area contributed by atoms with Crippen LogP contribution in [0.5, 0.6) is 0 Å². The van der Waals surface area contributed by atoms with Crippen molar-refractivity contribution in [3.63, 3.8) is 0 Å². The maximum Gasteiger partial charge on any atom is 0.261 e. The van der Waals surface area contributed by atoms with Crippen molar-refractivity contribution in [2.75, 3.05) is 13.1 Å². The molecule has 0 atom stereocenters. The van der Waals surface area contributed by atoms with E-state index in [0.29, 0.717) is 18.6 Å². The van der Waals surface area contributed by atoms with E-state index in [4.69, 9.17) is 0 Å². The minimum Gasteiger partial charge on any atom is -0.350 e. The molecular formula is C13H22N2OS2. The van der Waals surface area contributed by atoms with E-state index in [9.17, 15) is 4.79 Å². The van der Waals surface area contributed by atoms with Crippen molar-refractivity contribution in [1.29, 1.82) is 0 Å². The summed E-state index contributed by atoms with van der Waals surface area (Å²) in [4.78, 5) is 15.8. The molecule has 102 valence electrons. The number of thiophene rings is 1. The lowest BCUT2D eigenvalue weighted by atomic mass is 10.2. The molecule has 1 amide bonds. The number of nitrogens with one attached hydrogen (secondary N) is 1. The van der Waals surface area contributed by atoms with Crippen molar-refractivity contribution in [3.8, 4) is 0 Å². The fourth-order valence-corrected chi connectivity index (χ4v) is 3.01. The molecule has 1 aromatic heterocycles. The van der Waals surface area contributed by atoms with Crippen LogP contribution in [-0.4, -0.2) is 36.0 Å². The molecule has 0 unspecified atom stereocenters. The second-order valence-electron chi connectivity index (χ2n) is 4.85. The second kappa shape index (κ2) is 7.16. The SMILES string of the molecule is CC(C)N(CCNC(=O)c1cc(S)cs1)C(C)C. The maximum absolute atomic E-state index is 11.8. The van der Waals surface area contributed by atoms with Crippen molar-refractivity contribution in [3.05, 3.63) is 16.3 Å². The van der Waals surface area contributed by atoms with Crippen LogP contribution in [0.1, 0.15) is 37.4 Å². The van der Waals surface area contributed by atoms with Gasteiger partial charge in [-0.1, -0.05) is 0 Å². The van der Waals surface area contributed by atoms with Crippen molar-refractivity contribution < 1.29 is 4.79 Å². The number of carbonyl (C=O) groups excluding carboxylic acids is 1. The smallest absolute Gasteiger partial charge is 0.261 e. The van der Waals surface area contributed by atoms with E-state index in [1.54, 1.807) is 6.07 Å². The molecule has 0 saturated carbocycles. The van der Waals surface area contributed by atoms with E-state index >= 15 is 0 Å². The third-order valence-corrected chi connectivity index (χ3v) is 4.15. The molecule has 0 aliphatic carbocycles. The Morgan fingerprint density at radius 2 is 2.00 bits per heavy atom. The Labute approximate surface area is 119 Å². The number of nitrogens with zero attached hydrogens (tertiary/aromatic N) is 1. The maximum atomic E-state index is 11.8. The number of amides is 1. The summed E-state index contributed by atoms with van der Waals surface area (Å²) < 4.78 is 0. The van der Waals surface area contributed by atoms with Gasteiger partial charge in [0.1, 0.15) is 0 Å². The molecule has 0 fully saturated rings. The standard InChI is InChI=1S/C13H22N2OS2/c1-9(2)15(10(3)4)6-5-14-13(16)12-7-11(17)8-18-12/h7-10,17H,5-6H2,1-4H3,(H,14,16). The molecule has 0 aliphatic rings. The zero-order chi connectivity index (χ0) is 13.7. The Hall–Kier alpha value is -0.520. The molecule has 0 aromatic carbocycles. The summed E-state index contributed by atoms with van der Waals surface area (Å²) in [6.07, 6.45) is 0. The summed E-state index contributed by atoms with van der Waals surface area (Å²) in [6.45, 7) is 10.3. The molecule has 3 nitrogen and oxygen atoms in total. The molecule has 0 saturated heterocycles. The largest absolute Gasteiger partial charge is 0.350 e. The number of carbonyl (C=O) groups is 1. The number of hydrogen-bond donors (Lipinski definition) is 2. The Morgan fingerprint density at radius 1 is 1.39 bits per heavy atom. The number of hydrogen-bond acceptors (Lipinski definition) is 4. The van der Waals surface area contributed by atoms with E-state index in [1.807, 2.05) is 5.38 Å². The molecule has 1 N–H and O–H groups in total. The van der Waals surface area contributed by atoms with Crippen LogP contribution >= 0.6 is 24.0 Å². The van der Waals surface area contributed by atoms with Crippen molar-refractivity contribution >= 4 is 29.9 Å². The first-order valence-corrected chi connectivity index (χ1v) is 7.56. The van der Waals surface area contributed by atoms with Crippen LogP contribution in [0, 0.1) is 0 Å². The van der Waals surface area contributed by atoms with Gasteiger partial charge in [-0.2, -0.15) is 0 Å². The van der Waals surface area contributed by atoms with Crippen LogP contribution < -0.4 is 5.32 Å². The van der Waals surface area contributed by atoms with Gasteiger partial charge in [-0.15, -0.1) is 24.0 Å². The summed E-state index contributed by atoms with van der Waals surface area (Å²) in [5.74, 6) is -0.00670. The van der Waals surface area contributed by atoms with E-state index in [1.165, 1.54) is 11.3 Å². The molecule has 1 aromatic rings. The highest BCUT2D eigenvalue weighted by atomic mass is 32.1. The van der Waals surface area contributed by atoms with Crippen LogP contribution in [0.25, 0.3) is 0 Å². The Bertz CT molecular complexity index is 380. The van der Waals surface area contributed by atoms with Gasteiger partial charge in [0, 0.05) is 35.4 Å². The van der Waals surface area contributed by atoms with E-state index in [0.717, 1.165) is 16.3 Å². The lowest BCUT2D eigenvalue weighted by Gasteiger charge is -2.30. The van der Waals surface area contributed by atoms with Gasteiger partial charge in [0.2, 0.25) is 0 Å². The first-order chi connectivity index (χ1) is 8.41. The average Bonchev–Trinajstić information content (AvgIpc) is 2.69. The summed E-state index contributed by atoms with van der Waals surface area (Å²) in [5, 5.41) is 4.82. The van der Waals surface area contributed by atoms with Gasteiger partial charge in [-0.25, -0.2) is 0 Å². The van der Waals surface area contributed by atoms with Gasteiger partial charge in [0.25, 0.3) is 5.91 Å². The predicted octanol–water partition coefficient (Wildman–Crippen LogP) is 2.89. The molecular weight excluding hydrogens is 264 g/mol.